The topological polar surface area (TPSA) is 38.1 Å². The molecule has 3 aromatic rings. The molecule has 1 amide bonds. The van der Waals surface area contributed by atoms with Crippen molar-refractivity contribution in [3.8, 4) is 16.9 Å². The molecule has 1 aliphatic rings. The highest BCUT2D eigenvalue weighted by molar-refractivity contribution is 6.00. The number of carbonyl (C=O) groups excluding carboxylic acids is 1. The molecule has 1 aliphatic heterocycles. The Morgan fingerprint density at radius 1 is 1.00 bits per heavy atom. The van der Waals surface area contributed by atoms with E-state index in [0.717, 1.165) is 42.7 Å². The number of benzene rings is 2. The fraction of sp³-hybridized carbons (Fsp3) is 0.238. The molecule has 0 spiro atoms. The molecule has 132 valence electrons. The van der Waals surface area contributed by atoms with Gasteiger partial charge in [-0.2, -0.15) is 5.10 Å². The lowest BCUT2D eigenvalue weighted by atomic mass is 10.1. The lowest BCUT2D eigenvalue weighted by Crippen LogP contribution is -2.27. The van der Waals surface area contributed by atoms with Crippen LogP contribution in [0.3, 0.4) is 0 Å². The van der Waals surface area contributed by atoms with Crippen LogP contribution in [0.25, 0.3) is 16.9 Å². The van der Waals surface area contributed by atoms with Crippen LogP contribution in [0.2, 0.25) is 0 Å². The van der Waals surface area contributed by atoms with Crippen molar-refractivity contribution in [3.63, 3.8) is 0 Å². The second-order valence-electron chi connectivity index (χ2n) is 6.68. The maximum Gasteiger partial charge on any atom is 0.257 e. The van der Waals surface area contributed by atoms with Crippen molar-refractivity contribution in [2.24, 2.45) is 0 Å². The molecular weight excluding hydrogens is 329 g/mol. The highest BCUT2D eigenvalue weighted by Crippen LogP contribution is 2.26. The third-order valence-corrected chi connectivity index (χ3v) is 4.75. The van der Waals surface area contributed by atoms with E-state index in [1.807, 2.05) is 36.1 Å². The predicted octanol–water partition coefficient (Wildman–Crippen LogP) is 4.22. The van der Waals surface area contributed by atoms with Crippen LogP contribution in [0, 0.1) is 12.7 Å². The van der Waals surface area contributed by atoms with Gasteiger partial charge in [0, 0.05) is 24.8 Å². The molecule has 0 radical (unpaired) electrons. The number of hydrogen-bond acceptors (Lipinski definition) is 2. The molecular formula is C21H20FN3O. The molecule has 0 N–H and O–H groups in total. The molecule has 2 aromatic carbocycles. The minimum atomic E-state index is -0.298. The number of hydrogen-bond donors (Lipinski definition) is 0. The van der Waals surface area contributed by atoms with Crippen LogP contribution >= 0.6 is 0 Å². The summed E-state index contributed by atoms with van der Waals surface area (Å²) in [6.07, 6.45) is 3.83. The van der Waals surface area contributed by atoms with Crippen molar-refractivity contribution in [3.05, 3.63) is 71.7 Å². The van der Waals surface area contributed by atoms with E-state index in [2.05, 4.69) is 5.10 Å². The van der Waals surface area contributed by atoms with Crippen LogP contribution < -0.4 is 0 Å². The summed E-state index contributed by atoms with van der Waals surface area (Å²) in [5.41, 5.74) is 4.02. The Hall–Kier alpha value is -2.95. The monoisotopic (exact) mass is 349 g/mol. The van der Waals surface area contributed by atoms with Gasteiger partial charge in [0.25, 0.3) is 5.91 Å². The zero-order valence-electron chi connectivity index (χ0n) is 14.7. The number of halogens is 1. The quantitative estimate of drug-likeness (QED) is 0.710. The minimum absolute atomic E-state index is 0.00596. The Balaban J connectivity index is 1.80. The Bertz CT molecular complexity index is 923. The first-order valence-corrected chi connectivity index (χ1v) is 8.84. The molecule has 2 heterocycles. The summed E-state index contributed by atoms with van der Waals surface area (Å²) in [4.78, 5) is 14.9. The molecule has 1 saturated heterocycles. The van der Waals surface area contributed by atoms with E-state index in [0.29, 0.717) is 11.3 Å². The van der Waals surface area contributed by atoms with Gasteiger partial charge < -0.3 is 4.90 Å². The second-order valence-corrected chi connectivity index (χ2v) is 6.68. The summed E-state index contributed by atoms with van der Waals surface area (Å²) in [5, 5.41) is 4.65. The van der Waals surface area contributed by atoms with E-state index in [1.165, 1.54) is 12.1 Å². The van der Waals surface area contributed by atoms with E-state index in [-0.39, 0.29) is 11.7 Å². The Morgan fingerprint density at radius 3 is 2.31 bits per heavy atom. The van der Waals surface area contributed by atoms with Gasteiger partial charge in [0.1, 0.15) is 11.5 Å². The molecule has 26 heavy (non-hydrogen) atoms. The smallest absolute Gasteiger partial charge is 0.257 e. The van der Waals surface area contributed by atoms with Gasteiger partial charge >= 0.3 is 0 Å². The molecule has 5 heteroatoms. The fourth-order valence-corrected chi connectivity index (χ4v) is 3.27. The molecule has 0 saturated carbocycles. The highest BCUT2D eigenvalue weighted by Gasteiger charge is 2.25. The van der Waals surface area contributed by atoms with Gasteiger partial charge in [0.2, 0.25) is 0 Å². The van der Waals surface area contributed by atoms with E-state index in [1.54, 1.807) is 23.0 Å². The molecule has 0 atom stereocenters. The lowest BCUT2D eigenvalue weighted by Gasteiger charge is -2.14. The number of likely N-dealkylation sites (tertiary alicyclic amines) is 1. The molecule has 4 nitrogen and oxygen atoms in total. The van der Waals surface area contributed by atoms with E-state index >= 15 is 0 Å². The van der Waals surface area contributed by atoms with Crippen molar-refractivity contribution in [2.45, 2.75) is 19.8 Å². The van der Waals surface area contributed by atoms with Gasteiger partial charge in [-0.25, -0.2) is 9.07 Å². The summed E-state index contributed by atoms with van der Waals surface area (Å²) in [6, 6.07) is 14.1. The van der Waals surface area contributed by atoms with Crippen LogP contribution in [0.4, 0.5) is 4.39 Å². The van der Waals surface area contributed by atoms with Crippen molar-refractivity contribution < 1.29 is 9.18 Å². The molecule has 4 rings (SSSR count). The van der Waals surface area contributed by atoms with Crippen LogP contribution in [0.15, 0.2) is 54.7 Å². The van der Waals surface area contributed by atoms with Crippen LogP contribution in [0.1, 0.15) is 28.8 Å². The van der Waals surface area contributed by atoms with E-state index in [4.69, 9.17) is 0 Å². The van der Waals surface area contributed by atoms with Crippen molar-refractivity contribution in [2.75, 3.05) is 13.1 Å². The third-order valence-electron chi connectivity index (χ3n) is 4.75. The second kappa shape index (κ2) is 6.75. The SMILES string of the molecule is Cc1ccc(-c2nn(-c3ccc(F)cc3)cc2C(=O)N2CCCC2)cc1. The first-order chi connectivity index (χ1) is 12.6. The average molecular weight is 349 g/mol. The van der Waals surface area contributed by atoms with E-state index in [9.17, 15) is 9.18 Å². The van der Waals surface area contributed by atoms with Gasteiger partial charge in [0.15, 0.2) is 0 Å². The summed E-state index contributed by atoms with van der Waals surface area (Å²) in [6.45, 7) is 3.60. The zero-order chi connectivity index (χ0) is 18.1. The number of amides is 1. The summed E-state index contributed by atoms with van der Waals surface area (Å²) in [5.74, 6) is -0.292. The van der Waals surface area contributed by atoms with Gasteiger partial charge in [-0.3, -0.25) is 4.79 Å². The van der Waals surface area contributed by atoms with Gasteiger partial charge in [0.05, 0.1) is 11.3 Å². The number of nitrogens with zero attached hydrogens (tertiary/aromatic N) is 3. The Labute approximate surface area is 151 Å². The minimum Gasteiger partial charge on any atom is -0.339 e. The summed E-state index contributed by atoms with van der Waals surface area (Å²) >= 11 is 0. The third kappa shape index (κ3) is 3.12. The van der Waals surface area contributed by atoms with Crippen molar-refractivity contribution in [1.29, 1.82) is 0 Å². The van der Waals surface area contributed by atoms with E-state index < -0.39 is 0 Å². The van der Waals surface area contributed by atoms with Gasteiger partial charge in [-0.1, -0.05) is 29.8 Å². The molecule has 1 fully saturated rings. The maximum atomic E-state index is 13.2. The molecule has 0 bridgehead atoms. The number of aryl methyl sites for hydroxylation is 1. The highest BCUT2D eigenvalue weighted by atomic mass is 19.1. The normalized spacial score (nSPS) is 14.0. The standard InChI is InChI=1S/C21H20FN3O/c1-15-4-6-16(7-5-15)20-19(21(26)24-12-2-3-13-24)14-25(23-20)18-10-8-17(22)9-11-18/h4-11,14H,2-3,12-13H2,1H3. The zero-order valence-corrected chi connectivity index (χ0v) is 14.7. The first kappa shape index (κ1) is 16.5. The summed E-state index contributed by atoms with van der Waals surface area (Å²) < 4.78 is 14.9. The predicted molar refractivity (Wildman–Crippen MR) is 98.8 cm³/mol. The van der Waals surface area contributed by atoms with Crippen LogP contribution in [-0.2, 0) is 0 Å². The van der Waals surface area contributed by atoms with Crippen molar-refractivity contribution >= 4 is 5.91 Å². The molecule has 0 aliphatic carbocycles. The van der Waals surface area contributed by atoms with Crippen LogP contribution in [0.5, 0.6) is 0 Å². The number of carbonyl (C=O) groups is 1. The van der Waals surface area contributed by atoms with Gasteiger partial charge in [-0.05, 0) is 44.0 Å². The lowest BCUT2D eigenvalue weighted by molar-refractivity contribution is 0.0793. The number of rotatable bonds is 3. The Kier molecular flexibility index (Phi) is 4.29. The number of aromatic nitrogens is 2. The average Bonchev–Trinajstić information content (AvgIpc) is 3.33. The van der Waals surface area contributed by atoms with Crippen LogP contribution in [-0.4, -0.2) is 33.7 Å². The molecule has 1 aromatic heterocycles. The summed E-state index contributed by atoms with van der Waals surface area (Å²) in [7, 11) is 0. The largest absolute Gasteiger partial charge is 0.339 e. The fourth-order valence-electron chi connectivity index (χ4n) is 3.27. The molecule has 0 unspecified atom stereocenters. The Morgan fingerprint density at radius 2 is 1.65 bits per heavy atom. The van der Waals surface area contributed by atoms with Crippen molar-refractivity contribution in [1.82, 2.24) is 14.7 Å². The maximum absolute atomic E-state index is 13.2. The van der Waals surface area contributed by atoms with Gasteiger partial charge in [-0.15, -0.1) is 0 Å². The first-order valence-electron chi connectivity index (χ1n) is 8.84.